The van der Waals surface area contributed by atoms with Gasteiger partial charge in [-0.05, 0) is 50.9 Å². The zero-order valence-corrected chi connectivity index (χ0v) is 12.7. The van der Waals surface area contributed by atoms with Crippen LogP contribution in [0.2, 0.25) is 0 Å². The monoisotopic (exact) mass is 294 g/mol. The van der Waals surface area contributed by atoms with Crippen LogP contribution in [0.5, 0.6) is 0 Å². The number of nitrogens with zero attached hydrogens (tertiary/aromatic N) is 1. The summed E-state index contributed by atoms with van der Waals surface area (Å²) in [6.45, 7) is 2.32. The van der Waals surface area contributed by atoms with E-state index >= 15 is 0 Å². The van der Waals surface area contributed by atoms with Gasteiger partial charge in [-0.25, -0.2) is 4.98 Å². The lowest BCUT2D eigenvalue weighted by molar-refractivity contribution is -0.139. The fourth-order valence-corrected chi connectivity index (χ4v) is 4.44. The third-order valence-corrected chi connectivity index (χ3v) is 5.66. The minimum atomic E-state index is -0.728. The molecule has 3 rings (SSSR count). The molecule has 1 fully saturated rings. The predicted molar refractivity (Wildman–Crippen MR) is 80.5 cm³/mol. The van der Waals surface area contributed by atoms with Gasteiger partial charge < -0.3 is 10.4 Å². The van der Waals surface area contributed by atoms with Crippen LogP contribution in [0.15, 0.2) is 0 Å². The largest absolute Gasteiger partial charge is 0.481 e. The number of aliphatic carboxylic acids is 1. The van der Waals surface area contributed by atoms with Crippen molar-refractivity contribution in [2.75, 3.05) is 5.32 Å². The molecule has 2 N–H and O–H groups in total. The number of hydrogen-bond donors (Lipinski definition) is 2. The van der Waals surface area contributed by atoms with Crippen molar-refractivity contribution in [1.82, 2.24) is 4.98 Å². The standard InChI is InChI=1S/C15H22N2O2S/c1-9-5-7-10(8-6-9)16-15-17-13-11(14(18)19)3-2-4-12(13)20-15/h9-11H,2-8H2,1H3,(H,16,17)(H,18,19). The van der Waals surface area contributed by atoms with Crippen molar-refractivity contribution in [3.05, 3.63) is 10.6 Å². The molecule has 110 valence electrons. The Labute approximate surface area is 123 Å². The van der Waals surface area contributed by atoms with Crippen molar-refractivity contribution in [1.29, 1.82) is 0 Å². The fraction of sp³-hybridized carbons (Fsp3) is 0.733. The number of fused-ring (bicyclic) bond motifs is 1. The van der Waals surface area contributed by atoms with Crippen molar-refractivity contribution < 1.29 is 9.90 Å². The van der Waals surface area contributed by atoms with E-state index in [0.717, 1.165) is 36.0 Å². The van der Waals surface area contributed by atoms with Crippen LogP contribution in [0.3, 0.4) is 0 Å². The Bertz CT molecular complexity index is 492. The lowest BCUT2D eigenvalue weighted by Gasteiger charge is -2.26. The molecule has 2 aliphatic rings. The second-order valence-corrected chi connectivity index (χ2v) is 7.30. The highest BCUT2D eigenvalue weighted by Gasteiger charge is 2.30. The molecule has 5 heteroatoms. The second-order valence-electron chi connectivity index (χ2n) is 6.21. The molecule has 0 radical (unpaired) electrons. The molecule has 0 spiro atoms. The first-order valence-electron chi connectivity index (χ1n) is 7.62. The van der Waals surface area contributed by atoms with E-state index in [4.69, 9.17) is 0 Å². The number of carboxylic acids is 1. The number of carboxylic acid groups (broad SMARTS) is 1. The summed E-state index contributed by atoms with van der Waals surface area (Å²) in [6, 6.07) is 0.516. The van der Waals surface area contributed by atoms with Gasteiger partial charge in [-0.1, -0.05) is 6.92 Å². The molecule has 1 atom stereocenters. The van der Waals surface area contributed by atoms with Gasteiger partial charge in [-0.3, -0.25) is 4.79 Å². The third kappa shape index (κ3) is 2.82. The van der Waals surface area contributed by atoms with Gasteiger partial charge in [0.15, 0.2) is 5.13 Å². The first-order valence-corrected chi connectivity index (χ1v) is 8.44. The third-order valence-electron chi connectivity index (χ3n) is 4.60. The first kappa shape index (κ1) is 13.9. The van der Waals surface area contributed by atoms with Crippen LogP contribution >= 0.6 is 11.3 Å². The zero-order chi connectivity index (χ0) is 14.1. The molecule has 1 aromatic heterocycles. The number of nitrogens with one attached hydrogen (secondary N) is 1. The molecule has 0 aliphatic heterocycles. The molecule has 4 nitrogen and oxygen atoms in total. The van der Waals surface area contributed by atoms with Gasteiger partial charge in [0.05, 0.1) is 5.69 Å². The van der Waals surface area contributed by atoms with Gasteiger partial charge in [0.1, 0.15) is 5.92 Å². The average molecular weight is 294 g/mol. The maximum Gasteiger partial charge on any atom is 0.312 e. The smallest absolute Gasteiger partial charge is 0.312 e. The minimum Gasteiger partial charge on any atom is -0.481 e. The van der Waals surface area contributed by atoms with Gasteiger partial charge in [-0.2, -0.15) is 0 Å². The zero-order valence-electron chi connectivity index (χ0n) is 11.9. The summed E-state index contributed by atoms with van der Waals surface area (Å²) in [5, 5.41) is 13.8. The molecule has 0 amide bonds. The maximum atomic E-state index is 11.3. The van der Waals surface area contributed by atoms with Gasteiger partial charge in [0.2, 0.25) is 0 Å². The van der Waals surface area contributed by atoms with Gasteiger partial charge in [-0.15, -0.1) is 11.3 Å². The number of rotatable bonds is 3. The highest BCUT2D eigenvalue weighted by molar-refractivity contribution is 7.15. The SMILES string of the molecule is CC1CCC(Nc2nc3c(s2)CCCC3C(=O)O)CC1. The van der Waals surface area contributed by atoms with Gasteiger partial charge in [0, 0.05) is 10.9 Å². The van der Waals surface area contributed by atoms with Crippen molar-refractivity contribution in [3.63, 3.8) is 0 Å². The van der Waals surface area contributed by atoms with E-state index in [1.807, 2.05) is 0 Å². The van der Waals surface area contributed by atoms with E-state index in [9.17, 15) is 9.90 Å². The summed E-state index contributed by atoms with van der Waals surface area (Å²) in [4.78, 5) is 17.1. The summed E-state index contributed by atoms with van der Waals surface area (Å²) < 4.78 is 0. The van der Waals surface area contributed by atoms with Crippen LogP contribution in [0.1, 0.15) is 61.9 Å². The van der Waals surface area contributed by atoms with E-state index in [-0.39, 0.29) is 0 Å². The molecule has 0 aromatic carbocycles. The Morgan fingerprint density at radius 3 is 2.75 bits per heavy atom. The van der Waals surface area contributed by atoms with Crippen LogP contribution in [0.25, 0.3) is 0 Å². The molecule has 1 heterocycles. The number of hydrogen-bond acceptors (Lipinski definition) is 4. The molecule has 0 bridgehead atoms. The Morgan fingerprint density at radius 2 is 2.05 bits per heavy atom. The fourth-order valence-electron chi connectivity index (χ4n) is 3.30. The van der Waals surface area contributed by atoms with Crippen LogP contribution < -0.4 is 5.32 Å². The molecule has 0 saturated heterocycles. The van der Waals surface area contributed by atoms with Crippen LogP contribution in [0.4, 0.5) is 5.13 Å². The molecular weight excluding hydrogens is 272 g/mol. The Balaban J connectivity index is 1.71. The molecule has 1 unspecified atom stereocenters. The molecule has 1 aromatic rings. The number of aryl methyl sites for hydroxylation is 1. The number of carbonyl (C=O) groups is 1. The van der Waals surface area contributed by atoms with Crippen LogP contribution in [-0.2, 0) is 11.2 Å². The topological polar surface area (TPSA) is 62.2 Å². The van der Waals surface area contributed by atoms with E-state index < -0.39 is 11.9 Å². The first-order chi connectivity index (χ1) is 9.63. The highest BCUT2D eigenvalue weighted by atomic mass is 32.1. The lowest BCUT2D eigenvalue weighted by Crippen LogP contribution is -2.25. The summed E-state index contributed by atoms with van der Waals surface area (Å²) in [6.07, 6.45) is 7.64. The lowest BCUT2D eigenvalue weighted by atomic mass is 9.87. The predicted octanol–water partition coefficient (Wildman–Crippen LogP) is 3.64. The quantitative estimate of drug-likeness (QED) is 0.893. The molecular formula is C15H22N2O2S. The van der Waals surface area contributed by atoms with Crippen molar-refractivity contribution in [2.45, 2.75) is 63.8 Å². The number of anilines is 1. The maximum absolute atomic E-state index is 11.3. The summed E-state index contributed by atoms with van der Waals surface area (Å²) in [5.41, 5.74) is 0.820. The average Bonchev–Trinajstić information content (AvgIpc) is 2.83. The molecule has 20 heavy (non-hydrogen) atoms. The number of thiazole rings is 1. The highest BCUT2D eigenvalue weighted by Crippen LogP contribution is 2.37. The number of aromatic nitrogens is 1. The van der Waals surface area contributed by atoms with Gasteiger partial charge >= 0.3 is 5.97 Å². The second kappa shape index (κ2) is 5.72. The van der Waals surface area contributed by atoms with E-state index in [0.29, 0.717) is 6.04 Å². The van der Waals surface area contributed by atoms with Crippen molar-refractivity contribution >= 4 is 22.4 Å². The Morgan fingerprint density at radius 1 is 1.30 bits per heavy atom. The van der Waals surface area contributed by atoms with E-state index in [2.05, 4.69) is 17.2 Å². The molecule has 2 aliphatic carbocycles. The van der Waals surface area contributed by atoms with Crippen LogP contribution in [0, 0.1) is 5.92 Å². The Hall–Kier alpha value is -1.10. The van der Waals surface area contributed by atoms with Crippen LogP contribution in [-0.4, -0.2) is 22.1 Å². The van der Waals surface area contributed by atoms with E-state index in [1.54, 1.807) is 11.3 Å². The van der Waals surface area contributed by atoms with Gasteiger partial charge in [0.25, 0.3) is 0 Å². The Kier molecular flexibility index (Phi) is 3.96. The minimum absolute atomic E-state index is 0.392. The van der Waals surface area contributed by atoms with Crippen molar-refractivity contribution in [2.24, 2.45) is 5.92 Å². The van der Waals surface area contributed by atoms with Crippen molar-refractivity contribution in [3.8, 4) is 0 Å². The normalized spacial score (nSPS) is 29.8. The van der Waals surface area contributed by atoms with E-state index in [1.165, 1.54) is 30.6 Å². The summed E-state index contributed by atoms with van der Waals surface area (Å²) >= 11 is 1.67. The summed E-state index contributed by atoms with van der Waals surface area (Å²) in [5.74, 6) is -0.278. The summed E-state index contributed by atoms with van der Waals surface area (Å²) in [7, 11) is 0. The molecule has 1 saturated carbocycles.